The molecular formula is C19H23N5O3S. The Labute approximate surface area is 167 Å². The van der Waals surface area contributed by atoms with E-state index in [1.165, 1.54) is 4.90 Å². The van der Waals surface area contributed by atoms with E-state index in [2.05, 4.69) is 19.4 Å². The lowest BCUT2D eigenvalue weighted by molar-refractivity contribution is 0.0824. The lowest BCUT2D eigenvalue weighted by Gasteiger charge is -2.16. The van der Waals surface area contributed by atoms with Gasteiger partial charge in [0.1, 0.15) is 5.76 Å². The number of phenols is 1. The molecule has 8 nitrogen and oxygen atoms in total. The molecule has 0 spiro atoms. The molecule has 9 heteroatoms. The van der Waals surface area contributed by atoms with Crippen molar-refractivity contribution < 1.29 is 14.3 Å². The topological polar surface area (TPSA) is 104 Å². The molecule has 2 aromatic heterocycles. The predicted molar refractivity (Wildman–Crippen MR) is 109 cm³/mol. The standard InChI is InChI=1S/C19H23N5O3S/c1-5-13(15-9-11(2)10-27-15)20-17-18(23-28-22-17)21-14-8-6-7-12(16(14)25)19(26)24(3)4/h6-10,13,25H,5H2,1-4H3,(H,20,22)(H,21,23)/t13-/m1/s1. The third-order valence-electron chi connectivity index (χ3n) is 4.23. The number of furan rings is 1. The van der Waals surface area contributed by atoms with Crippen LogP contribution in [0.4, 0.5) is 17.3 Å². The van der Waals surface area contributed by atoms with Crippen LogP contribution in [-0.2, 0) is 0 Å². The quantitative estimate of drug-likeness (QED) is 0.511. The number of anilines is 3. The zero-order valence-corrected chi connectivity index (χ0v) is 17.0. The summed E-state index contributed by atoms with van der Waals surface area (Å²) in [4.78, 5) is 13.6. The van der Waals surface area contributed by atoms with E-state index in [4.69, 9.17) is 4.42 Å². The molecule has 1 aromatic carbocycles. The van der Waals surface area contributed by atoms with Gasteiger partial charge in [0.25, 0.3) is 5.91 Å². The van der Waals surface area contributed by atoms with Crippen molar-refractivity contribution in [3.63, 3.8) is 0 Å². The van der Waals surface area contributed by atoms with Gasteiger partial charge in [0.15, 0.2) is 17.4 Å². The molecule has 3 N–H and O–H groups in total. The van der Waals surface area contributed by atoms with Crippen LogP contribution in [0.3, 0.4) is 0 Å². The summed E-state index contributed by atoms with van der Waals surface area (Å²) in [5.74, 6) is 1.43. The van der Waals surface area contributed by atoms with Gasteiger partial charge in [0.2, 0.25) is 0 Å². The van der Waals surface area contributed by atoms with Gasteiger partial charge in [-0.3, -0.25) is 4.79 Å². The van der Waals surface area contributed by atoms with Gasteiger partial charge >= 0.3 is 0 Å². The highest BCUT2D eigenvalue weighted by atomic mass is 32.1. The first-order valence-electron chi connectivity index (χ1n) is 8.85. The third-order valence-corrected chi connectivity index (χ3v) is 4.76. The van der Waals surface area contributed by atoms with E-state index in [-0.39, 0.29) is 23.3 Å². The molecule has 0 bridgehead atoms. The fourth-order valence-corrected chi connectivity index (χ4v) is 3.20. The Morgan fingerprint density at radius 2 is 2.07 bits per heavy atom. The van der Waals surface area contributed by atoms with Crippen molar-refractivity contribution >= 4 is 35.0 Å². The number of rotatable bonds is 7. The van der Waals surface area contributed by atoms with E-state index in [0.29, 0.717) is 17.3 Å². The number of aromatic hydroxyl groups is 1. The van der Waals surface area contributed by atoms with Crippen molar-refractivity contribution in [1.29, 1.82) is 0 Å². The van der Waals surface area contributed by atoms with Crippen LogP contribution in [-0.4, -0.2) is 38.8 Å². The van der Waals surface area contributed by atoms with E-state index >= 15 is 0 Å². The summed E-state index contributed by atoms with van der Waals surface area (Å²) >= 11 is 1.05. The summed E-state index contributed by atoms with van der Waals surface area (Å²) < 4.78 is 14.2. The van der Waals surface area contributed by atoms with Gasteiger partial charge in [0, 0.05) is 14.1 Å². The SMILES string of the molecule is CC[C@@H](Nc1nsnc1Nc1cccc(C(=O)N(C)C)c1O)c1cc(C)co1. The highest BCUT2D eigenvalue weighted by Crippen LogP contribution is 2.34. The number of aryl methyl sites for hydroxylation is 1. The summed E-state index contributed by atoms with van der Waals surface area (Å²) in [6.07, 6.45) is 2.51. The number of aromatic nitrogens is 2. The normalized spacial score (nSPS) is 11.9. The van der Waals surface area contributed by atoms with E-state index in [1.54, 1.807) is 38.6 Å². The number of carbonyl (C=O) groups excluding carboxylic acids is 1. The molecule has 0 unspecified atom stereocenters. The van der Waals surface area contributed by atoms with Crippen molar-refractivity contribution in [2.75, 3.05) is 24.7 Å². The van der Waals surface area contributed by atoms with Crippen LogP contribution in [0.1, 0.15) is 41.1 Å². The zero-order valence-electron chi connectivity index (χ0n) is 16.2. The van der Waals surface area contributed by atoms with Crippen LogP contribution in [0, 0.1) is 6.92 Å². The van der Waals surface area contributed by atoms with Gasteiger partial charge in [-0.05, 0) is 37.1 Å². The molecule has 28 heavy (non-hydrogen) atoms. The Bertz CT molecular complexity index is 966. The molecule has 0 saturated heterocycles. The number of carbonyl (C=O) groups is 1. The summed E-state index contributed by atoms with van der Waals surface area (Å²) in [6, 6.07) is 6.88. The van der Waals surface area contributed by atoms with E-state index in [0.717, 1.165) is 29.5 Å². The van der Waals surface area contributed by atoms with Crippen LogP contribution in [0.15, 0.2) is 34.9 Å². The minimum Gasteiger partial charge on any atom is -0.505 e. The number of hydrogen-bond donors (Lipinski definition) is 3. The molecule has 0 saturated carbocycles. The van der Waals surface area contributed by atoms with Gasteiger partial charge in [-0.2, -0.15) is 8.75 Å². The molecular weight excluding hydrogens is 378 g/mol. The maximum absolute atomic E-state index is 12.2. The maximum atomic E-state index is 12.2. The van der Waals surface area contributed by atoms with Gasteiger partial charge < -0.3 is 25.1 Å². The van der Waals surface area contributed by atoms with Gasteiger partial charge in [-0.25, -0.2) is 0 Å². The average molecular weight is 401 g/mol. The fourth-order valence-electron chi connectivity index (χ4n) is 2.73. The molecule has 0 aliphatic heterocycles. The number of amides is 1. The zero-order chi connectivity index (χ0) is 20.3. The fraction of sp³-hybridized carbons (Fsp3) is 0.316. The molecule has 0 aliphatic rings. The second-order valence-corrected chi connectivity index (χ2v) is 7.15. The van der Waals surface area contributed by atoms with Crippen molar-refractivity contribution in [2.45, 2.75) is 26.3 Å². The van der Waals surface area contributed by atoms with Crippen molar-refractivity contribution in [1.82, 2.24) is 13.6 Å². The second kappa shape index (κ2) is 8.30. The molecule has 0 radical (unpaired) electrons. The van der Waals surface area contributed by atoms with Crippen LogP contribution in [0.2, 0.25) is 0 Å². The monoisotopic (exact) mass is 401 g/mol. The van der Waals surface area contributed by atoms with Crippen molar-refractivity contribution in [2.24, 2.45) is 0 Å². The summed E-state index contributed by atoms with van der Waals surface area (Å²) in [7, 11) is 3.27. The van der Waals surface area contributed by atoms with Gasteiger partial charge in [0.05, 0.1) is 35.3 Å². The van der Waals surface area contributed by atoms with Crippen LogP contribution < -0.4 is 10.6 Å². The van der Waals surface area contributed by atoms with E-state index in [1.807, 2.05) is 19.9 Å². The van der Waals surface area contributed by atoms with Crippen LogP contribution >= 0.6 is 11.7 Å². The molecule has 1 amide bonds. The van der Waals surface area contributed by atoms with Crippen molar-refractivity contribution in [3.05, 3.63) is 47.4 Å². The Hall–Kier alpha value is -3.07. The minimum atomic E-state index is -0.282. The van der Waals surface area contributed by atoms with Crippen LogP contribution in [0.5, 0.6) is 5.75 Å². The van der Waals surface area contributed by atoms with Crippen LogP contribution in [0.25, 0.3) is 0 Å². The first-order chi connectivity index (χ1) is 13.4. The number of phenolic OH excluding ortho intramolecular Hbond substituents is 1. The number of nitrogens with zero attached hydrogens (tertiary/aromatic N) is 3. The minimum absolute atomic E-state index is 0.0617. The predicted octanol–water partition coefficient (Wildman–Crippen LogP) is 4.15. The molecule has 3 aromatic rings. The third kappa shape index (κ3) is 4.09. The lowest BCUT2D eigenvalue weighted by Crippen LogP contribution is -2.21. The molecule has 1 atom stereocenters. The number of hydrogen-bond acceptors (Lipinski definition) is 8. The molecule has 2 heterocycles. The molecule has 3 rings (SSSR count). The first kappa shape index (κ1) is 19.7. The second-order valence-electron chi connectivity index (χ2n) is 6.62. The largest absolute Gasteiger partial charge is 0.505 e. The summed E-state index contributed by atoms with van der Waals surface area (Å²) in [6.45, 7) is 4.02. The average Bonchev–Trinajstić information content (AvgIpc) is 3.29. The highest BCUT2D eigenvalue weighted by Gasteiger charge is 2.20. The van der Waals surface area contributed by atoms with Gasteiger partial charge in [-0.1, -0.05) is 13.0 Å². The number of benzene rings is 1. The maximum Gasteiger partial charge on any atom is 0.257 e. The van der Waals surface area contributed by atoms with E-state index in [9.17, 15) is 9.90 Å². The lowest BCUT2D eigenvalue weighted by atomic mass is 10.1. The smallest absolute Gasteiger partial charge is 0.257 e. The summed E-state index contributed by atoms with van der Waals surface area (Å²) in [5, 5.41) is 16.9. The van der Waals surface area contributed by atoms with E-state index < -0.39 is 0 Å². The number of nitrogens with one attached hydrogen (secondary N) is 2. The Morgan fingerprint density at radius 1 is 1.32 bits per heavy atom. The molecule has 148 valence electrons. The highest BCUT2D eigenvalue weighted by molar-refractivity contribution is 6.99. The van der Waals surface area contributed by atoms with Crippen molar-refractivity contribution in [3.8, 4) is 5.75 Å². The Kier molecular flexibility index (Phi) is 5.84. The molecule has 0 aliphatic carbocycles. The van der Waals surface area contributed by atoms with Gasteiger partial charge in [-0.15, -0.1) is 0 Å². The first-order valence-corrected chi connectivity index (χ1v) is 9.58. The number of para-hydroxylation sites is 1. The Morgan fingerprint density at radius 3 is 2.71 bits per heavy atom. The molecule has 0 fully saturated rings. The summed E-state index contributed by atoms with van der Waals surface area (Å²) in [5.41, 5.74) is 1.65. The Balaban J connectivity index is 1.83.